The number of nitrogens with zero attached hydrogens (tertiary/aromatic N) is 1. The first kappa shape index (κ1) is 15.0. The molecule has 0 saturated carbocycles. The zero-order valence-corrected chi connectivity index (χ0v) is 11.2. The molecule has 6 heteroatoms. The maximum absolute atomic E-state index is 11.6. The molecule has 0 spiro atoms. The van der Waals surface area contributed by atoms with Gasteiger partial charge in [0, 0.05) is 26.3 Å². The number of benzene rings is 1. The molecule has 2 amide bonds. The van der Waals surface area contributed by atoms with Crippen LogP contribution in [0.4, 0.5) is 5.69 Å². The number of carbonyl (C=O) groups excluding carboxylic acids is 2. The minimum atomic E-state index is -0.890. The first-order chi connectivity index (χ1) is 8.90. The summed E-state index contributed by atoms with van der Waals surface area (Å²) in [7, 11) is 3.92. The van der Waals surface area contributed by atoms with E-state index in [1.54, 1.807) is 0 Å². The molecule has 1 atom stereocenters. The molecule has 0 bridgehead atoms. The summed E-state index contributed by atoms with van der Waals surface area (Å²) < 4.78 is 0. The van der Waals surface area contributed by atoms with Crippen LogP contribution in [0.15, 0.2) is 24.3 Å². The second-order valence-corrected chi connectivity index (χ2v) is 4.56. The molecule has 0 aliphatic rings. The van der Waals surface area contributed by atoms with Crippen LogP contribution >= 0.6 is 0 Å². The normalized spacial score (nSPS) is 11.7. The predicted molar refractivity (Wildman–Crippen MR) is 74.4 cm³/mol. The van der Waals surface area contributed by atoms with Gasteiger partial charge in [0.05, 0.1) is 12.5 Å². The highest BCUT2D eigenvalue weighted by atomic mass is 16.2. The summed E-state index contributed by atoms with van der Waals surface area (Å²) in [6.45, 7) is 0.374. The Bertz CT molecular complexity index is 442. The van der Waals surface area contributed by atoms with Crippen LogP contribution in [0.25, 0.3) is 0 Å². The molecular formula is C13H20N4O2. The summed E-state index contributed by atoms with van der Waals surface area (Å²) in [5.74, 6) is -0.964. The van der Waals surface area contributed by atoms with Gasteiger partial charge in [-0.3, -0.25) is 9.59 Å². The van der Waals surface area contributed by atoms with Crippen molar-refractivity contribution in [3.63, 3.8) is 0 Å². The Morgan fingerprint density at radius 2 is 1.84 bits per heavy atom. The number of hydrogen-bond acceptors (Lipinski definition) is 4. The Hall–Kier alpha value is -2.08. The predicted octanol–water partition coefficient (Wildman–Crippen LogP) is -0.428. The first-order valence-corrected chi connectivity index (χ1v) is 5.98. The number of anilines is 1. The minimum Gasteiger partial charge on any atom is -0.378 e. The number of carbonyl (C=O) groups is 2. The van der Waals surface area contributed by atoms with Crippen molar-refractivity contribution in [3.8, 4) is 0 Å². The molecule has 1 aromatic rings. The largest absolute Gasteiger partial charge is 0.378 e. The summed E-state index contributed by atoms with van der Waals surface area (Å²) in [5, 5.41) is 2.67. The van der Waals surface area contributed by atoms with Crippen molar-refractivity contribution in [1.82, 2.24) is 5.32 Å². The fourth-order valence-electron chi connectivity index (χ4n) is 1.54. The molecule has 6 nitrogen and oxygen atoms in total. The molecule has 0 aliphatic heterocycles. The third-order valence-electron chi connectivity index (χ3n) is 2.68. The van der Waals surface area contributed by atoms with Gasteiger partial charge in [-0.2, -0.15) is 0 Å². The average Bonchev–Trinajstić information content (AvgIpc) is 2.35. The lowest BCUT2D eigenvalue weighted by Crippen LogP contribution is -2.42. The van der Waals surface area contributed by atoms with Gasteiger partial charge in [-0.1, -0.05) is 12.1 Å². The summed E-state index contributed by atoms with van der Waals surface area (Å²) in [6.07, 6.45) is -0.147. The lowest BCUT2D eigenvalue weighted by molar-refractivity contribution is -0.126. The SMILES string of the molecule is CN(C)c1ccc(CNC(=O)C(N)CC(N)=O)cc1. The van der Waals surface area contributed by atoms with E-state index in [-0.39, 0.29) is 12.3 Å². The summed E-state index contributed by atoms with van der Waals surface area (Å²) in [5.41, 5.74) is 12.6. The van der Waals surface area contributed by atoms with Crippen LogP contribution in [-0.4, -0.2) is 32.0 Å². The van der Waals surface area contributed by atoms with Crippen LogP contribution in [0.3, 0.4) is 0 Å². The Labute approximate surface area is 112 Å². The standard InChI is InChI=1S/C13H20N4O2/c1-17(2)10-5-3-9(4-6-10)8-16-13(19)11(14)7-12(15)18/h3-6,11H,7-8,14H2,1-2H3,(H2,15,18)(H,16,19). The molecule has 0 fully saturated rings. The van der Waals surface area contributed by atoms with E-state index in [9.17, 15) is 9.59 Å². The van der Waals surface area contributed by atoms with Gasteiger partial charge in [0.25, 0.3) is 0 Å². The number of amides is 2. The summed E-state index contributed by atoms with van der Waals surface area (Å²) in [4.78, 5) is 24.2. The molecule has 19 heavy (non-hydrogen) atoms. The third-order valence-corrected chi connectivity index (χ3v) is 2.68. The molecule has 0 heterocycles. The number of nitrogens with two attached hydrogens (primary N) is 2. The van der Waals surface area contributed by atoms with Gasteiger partial charge >= 0.3 is 0 Å². The lowest BCUT2D eigenvalue weighted by Gasteiger charge is -2.13. The quantitative estimate of drug-likeness (QED) is 0.649. The summed E-state index contributed by atoms with van der Waals surface area (Å²) >= 11 is 0. The molecule has 0 aliphatic carbocycles. The van der Waals surface area contributed by atoms with Crippen molar-refractivity contribution in [1.29, 1.82) is 0 Å². The Morgan fingerprint density at radius 3 is 2.32 bits per heavy atom. The van der Waals surface area contributed by atoms with Gasteiger partial charge in [0.1, 0.15) is 0 Å². The average molecular weight is 264 g/mol. The van der Waals surface area contributed by atoms with Crippen molar-refractivity contribution in [3.05, 3.63) is 29.8 Å². The zero-order valence-electron chi connectivity index (χ0n) is 11.2. The minimum absolute atomic E-state index is 0.147. The van der Waals surface area contributed by atoms with Crippen LogP contribution in [0.2, 0.25) is 0 Å². The molecule has 0 saturated heterocycles. The summed E-state index contributed by atoms with van der Waals surface area (Å²) in [6, 6.07) is 6.89. The van der Waals surface area contributed by atoms with Crippen LogP contribution in [-0.2, 0) is 16.1 Å². The van der Waals surface area contributed by atoms with Gasteiger partial charge < -0.3 is 21.7 Å². The Balaban J connectivity index is 2.48. The van der Waals surface area contributed by atoms with E-state index < -0.39 is 11.9 Å². The van der Waals surface area contributed by atoms with E-state index >= 15 is 0 Å². The van der Waals surface area contributed by atoms with Crippen LogP contribution in [0.1, 0.15) is 12.0 Å². The van der Waals surface area contributed by atoms with Crippen LogP contribution in [0.5, 0.6) is 0 Å². The van der Waals surface area contributed by atoms with Gasteiger partial charge in [-0.05, 0) is 17.7 Å². The highest BCUT2D eigenvalue weighted by molar-refractivity contribution is 5.87. The van der Waals surface area contributed by atoms with Crippen molar-refractivity contribution >= 4 is 17.5 Å². The number of nitrogens with one attached hydrogen (secondary N) is 1. The second-order valence-electron chi connectivity index (χ2n) is 4.56. The molecule has 0 radical (unpaired) electrons. The molecule has 1 unspecified atom stereocenters. The van der Waals surface area contributed by atoms with E-state index in [1.165, 1.54) is 0 Å². The van der Waals surface area contributed by atoms with Crippen LogP contribution in [0, 0.1) is 0 Å². The number of hydrogen-bond donors (Lipinski definition) is 3. The van der Waals surface area contributed by atoms with Gasteiger partial charge in [0.2, 0.25) is 11.8 Å². The van der Waals surface area contributed by atoms with Crippen molar-refractivity contribution < 1.29 is 9.59 Å². The first-order valence-electron chi connectivity index (χ1n) is 5.98. The highest BCUT2D eigenvalue weighted by Gasteiger charge is 2.15. The van der Waals surface area contributed by atoms with Crippen molar-refractivity contribution in [2.24, 2.45) is 11.5 Å². The monoisotopic (exact) mass is 264 g/mol. The number of rotatable bonds is 6. The van der Waals surface area contributed by atoms with Gasteiger partial charge in [-0.15, -0.1) is 0 Å². The third kappa shape index (κ3) is 4.97. The molecule has 1 rings (SSSR count). The Kier molecular flexibility index (Phi) is 5.32. The van der Waals surface area contributed by atoms with Gasteiger partial charge in [-0.25, -0.2) is 0 Å². The van der Waals surface area contributed by atoms with Crippen molar-refractivity contribution in [2.45, 2.75) is 19.0 Å². The topological polar surface area (TPSA) is 101 Å². The molecule has 104 valence electrons. The lowest BCUT2D eigenvalue weighted by atomic mass is 10.1. The van der Waals surface area contributed by atoms with E-state index in [1.807, 2.05) is 43.3 Å². The maximum atomic E-state index is 11.6. The van der Waals surface area contributed by atoms with Crippen molar-refractivity contribution in [2.75, 3.05) is 19.0 Å². The Morgan fingerprint density at radius 1 is 1.26 bits per heavy atom. The van der Waals surface area contributed by atoms with Crippen LogP contribution < -0.4 is 21.7 Å². The molecule has 5 N–H and O–H groups in total. The maximum Gasteiger partial charge on any atom is 0.237 e. The molecular weight excluding hydrogens is 244 g/mol. The smallest absolute Gasteiger partial charge is 0.237 e. The van der Waals surface area contributed by atoms with E-state index in [0.29, 0.717) is 6.54 Å². The zero-order chi connectivity index (χ0) is 14.4. The molecule has 1 aromatic carbocycles. The molecule has 0 aromatic heterocycles. The van der Waals surface area contributed by atoms with E-state index in [4.69, 9.17) is 11.5 Å². The fraction of sp³-hybridized carbons (Fsp3) is 0.385. The highest BCUT2D eigenvalue weighted by Crippen LogP contribution is 2.11. The van der Waals surface area contributed by atoms with Gasteiger partial charge in [0.15, 0.2) is 0 Å². The van der Waals surface area contributed by atoms with E-state index in [2.05, 4.69) is 5.32 Å². The number of primary amides is 1. The fourth-order valence-corrected chi connectivity index (χ4v) is 1.54. The second kappa shape index (κ2) is 6.75. The van der Waals surface area contributed by atoms with E-state index in [0.717, 1.165) is 11.3 Å².